The van der Waals surface area contributed by atoms with Gasteiger partial charge in [-0.05, 0) is 12.2 Å². The molecule has 0 bridgehead atoms. The highest BCUT2D eigenvalue weighted by molar-refractivity contribution is 5.93. The van der Waals surface area contributed by atoms with Gasteiger partial charge in [0.25, 0.3) is 0 Å². The molecule has 2 N–H and O–H groups in total. The van der Waals surface area contributed by atoms with Crippen LogP contribution >= 0.6 is 0 Å². The van der Waals surface area contributed by atoms with Crippen LogP contribution in [-0.4, -0.2) is 47.2 Å². The van der Waals surface area contributed by atoms with E-state index >= 15 is 0 Å². The Hall–Kier alpha value is -1.30. The molecule has 17 heavy (non-hydrogen) atoms. The molecule has 0 aromatic rings. The molecule has 0 aliphatic rings. The number of rotatable bonds is 10. The van der Waals surface area contributed by atoms with Crippen molar-refractivity contribution in [2.24, 2.45) is 0 Å². The Labute approximate surface area is 100 Å². The van der Waals surface area contributed by atoms with E-state index in [4.69, 9.17) is 4.74 Å². The van der Waals surface area contributed by atoms with E-state index in [-0.39, 0.29) is 26.1 Å². The third-order valence-electron chi connectivity index (χ3n) is 2.13. The largest absolute Gasteiger partial charge is 0.385 e. The molecule has 0 aromatic carbocycles. The van der Waals surface area contributed by atoms with Crippen LogP contribution in [0.3, 0.4) is 0 Å². The maximum atomic E-state index is 10.9. The highest BCUT2D eigenvalue weighted by Crippen LogP contribution is 1.98. The van der Waals surface area contributed by atoms with Gasteiger partial charge in [0.1, 0.15) is 12.2 Å². The Kier molecular flexibility index (Phi) is 8.13. The Morgan fingerprint density at radius 3 is 1.65 bits per heavy atom. The third-order valence-corrected chi connectivity index (χ3v) is 2.13. The number of aliphatic hydroxyl groups is 2. The summed E-state index contributed by atoms with van der Waals surface area (Å²) in [6.07, 6.45) is 0.223. The first-order valence-corrected chi connectivity index (χ1v) is 5.29. The summed E-state index contributed by atoms with van der Waals surface area (Å²) in [5, 5.41) is 18.5. The number of hydrogen-bond donors (Lipinski definition) is 2. The van der Waals surface area contributed by atoms with Crippen molar-refractivity contribution in [1.82, 2.24) is 0 Å². The Morgan fingerprint density at radius 2 is 1.35 bits per heavy atom. The molecule has 0 heterocycles. The van der Waals surface area contributed by atoms with Crippen LogP contribution in [0.4, 0.5) is 0 Å². The molecule has 2 atom stereocenters. The number of aliphatic hydroxyl groups excluding tert-OH is 2. The molecule has 0 saturated carbocycles. The first kappa shape index (κ1) is 15.7. The average molecular weight is 242 g/mol. The molecule has 0 aromatic heterocycles. The Balaban J connectivity index is 3.59. The van der Waals surface area contributed by atoms with Gasteiger partial charge in [0.15, 0.2) is 11.6 Å². The fourth-order valence-electron chi connectivity index (χ4n) is 1.05. The van der Waals surface area contributed by atoms with Crippen LogP contribution in [0.25, 0.3) is 0 Å². The zero-order chi connectivity index (χ0) is 13.3. The molecule has 0 spiro atoms. The minimum Gasteiger partial charge on any atom is -0.385 e. The van der Waals surface area contributed by atoms with Crippen molar-refractivity contribution >= 4 is 11.6 Å². The number of carbonyl (C=O) groups excluding carboxylic acids is 2. The smallest absolute Gasteiger partial charge is 0.183 e. The molecule has 5 heteroatoms. The van der Waals surface area contributed by atoms with Gasteiger partial charge in [-0.25, -0.2) is 0 Å². The van der Waals surface area contributed by atoms with Crippen molar-refractivity contribution in [2.45, 2.75) is 25.0 Å². The minimum absolute atomic E-state index is 0.163. The lowest BCUT2D eigenvalue weighted by molar-refractivity contribution is -0.123. The van der Waals surface area contributed by atoms with Crippen LogP contribution < -0.4 is 0 Å². The molecular weight excluding hydrogens is 224 g/mol. The molecule has 0 rings (SSSR count). The van der Waals surface area contributed by atoms with Crippen LogP contribution in [0.1, 0.15) is 12.8 Å². The second-order valence-electron chi connectivity index (χ2n) is 3.43. The van der Waals surface area contributed by atoms with E-state index in [1.54, 1.807) is 0 Å². The quantitative estimate of drug-likeness (QED) is 0.416. The molecule has 2 unspecified atom stereocenters. The summed E-state index contributed by atoms with van der Waals surface area (Å²) < 4.78 is 5.07. The van der Waals surface area contributed by atoms with E-state index < -0.39 is 23.8 Å². The minimum atomic E-state index is -1.10. The van der Waals surface area contributed by atoms with Crippen LogP contribution in [0.15, 0.2) is 25.3 Å². The van der Waals surface area contributed by atoms with Crippen LogP contribution in [0.2, 0.25) is 0 Å². The summed E-state index contributed by atoms with van der Waals surface area (Å²) in [5.41, 5.74) is 0. The number of ether oxygens (including phenoxy) is 1. The summed E-state index contributed by atoms with van der Waals surface area (Å²) in [6.45, 7) is 6.85. The second-order valence-corrected chi connectivity index (χ2v) is 3.43. The summed E-state index contributed by atoms with van der Waals surface area (Å²) in [4.78, 5) is 21.8. The predicted molar refractivity (Wildman–Crippen MR) is 62.5 cm³/mol. The van der Waals surface area contributed by atoms with Crippen LogP contribution in [-0.2, 0) is 14.3 Å². The van der Waals surface area contributed by atoms with Crippen molar-refractivity contribution in [3.63, 3.8) is 0 Å². The Bertz CT molecular complexity index is 257. The van der Waals surface area contributed by atoms with Crippen LogP contribution in [0, 0.1) is 0 Å². The lowest BCUT2D eigenvalue weighted by Gasteiger charge is -2.09. The summed E-state index contributed by atoms with van der Waals surface area (Å²) in [7, 11) is 0. The third kappa shape index (κ3) is 6.78. The van der Waals surface area contributed by atoms with Gasteiger partial charge in [-0.2, -0.15) is 0 Å². The highest BCUT2D eigenvalue weighted by Gasteiger charge is 2.12. The zero-order valence-corrected chi connectivity index (χ0v) is 9.67. The molecule has 0 aliphatic heterocycles. The molecule has 0 aliphatic carbocycles. The first-order chi connectivity index (χ1) is 8.02. The maximum absolute atomic E-state index is 10.9. The van der Waals surface area contributed by atoms with Gasteiger partial charge in [-0.1, -0.05) is 13.2 Å². The fourth-order valence-corrected chi connectivity index (χ4v) is 1.05. The van der Waals surface area contributed by atoms with Gasteiger partial charge < -0.3 is 14.9 Å². The first-order valence-electron chi connectivity index (χ1n) is 5.29. The number of hydrogen-bond acceptors (Lipinski definition) is 5. The van der Waals surface area contributed by atoms with Gasteiger partial charge in [-0.3, -0.25) is 9.59 Å². The van der Waals surface area contributed by atoms with E-state index in [1.165, 1.54) is 0 Å². The average Bonchev–Trinajstić information content (AvgIpc) is 2.35. The molecular formula is C12H18O5. The molecule has 5 nitrogen and oxygen atoms in total. The monoisotopic (exact) mass is 242 g/mol. The van der Waals surface area contributed by atoms with Gasteiger partial charge in [0, 0.05) is 26.1 Å². The molecule has 0 radical (unpaired) electrons. The number of carbonyl (C=O) groups is 2. The molecule has 0 saturated heterocycles. The van der Waals surface area contributed by atoms with Crippen molar-refractivity contribution in [3.8, 4) is 0 Å². The lowest BCUT2D eigenvalue weighted by atomic mass is 10.1. The van der Waals surface area contributed by atoms with Gasteiger partial charge in [-0.15, -0.1) is 0 Å². The van der Waals surface area contributed by atoms with Crippen molar-refractivity contribution in [2.75, 3.05) is 13.2 Å². The highest BCUT2D eigenvalue weighted by atomic mass is 16.5. The van der Waals surface area contributed by atoms with Gasteiger partial charge >= 0.3 is 0 Å². The normalized spacial score (nSPS) is 13.8. The topological polar surface area (TPSA) is 83.8 Å². The van der Waals surface area contributed by atoms with E-state index in [0.717, 1.165) is 12.2 Å². The SMILES string of the molecule is C=CC(=O)C(O)CCOCCC(O)C(=O)C=C. The van der Waals surface area contributed by atoms with E-state index in [1.807, 2.05) is 0 Å². The van der Waals surface area contributed by atoms with Crippen molar-refractivity contribution in [3.05, 3.63) is 25.3 Å². The molecule has 0 amide bonds. The summed E-state index contributed by atoms with van der Waals surface area (Å²) >= 11 is 0. The summed E-state index contributed by atoms with van der Waals surface area (Å²) in [6, 6.07) is 0. The van der Waals surface area contributed by atoms with E-state index in [2.05, 4.69) is 13.2 Å². The van der Waals surface area contributed by atoms with E-state index in [0.29, 0.717) is 0 Å². The fraction of sp³-hybridized carbons (Fsp3) is 0.500. The van der Waals surface area contributed by atoms with Crippen LogP contribution in [0.5, 0.6) is 0 Å². The van der Waals surface area contributed by atoms with Gasteiger partial charge in [0.2, 0.25) is 0 Å². The second kappa shape index (κ2) is 8.81. The molecule has 96 valence electrons. The van der Waals surface area contributed by atoms with Crippen molar-refractivity contribution in [1.29, 1.82) is 0 Å². The van der Waals surface area contributed by atoms with E-state index in [9.17, 15) is 19.8 Å². The zero-order valence-electron chi connectivity index (χ0n) is 9.67. The van der Waals surface area contributed by atoms with Gasteiger partial charge in [0.05, 0.1) is 0 Å². The molecule has 0 fully saturated rings. The maximum Gasteiger partial charge on any atom is 0.183 e. The standard InChI is InChI=1S/C12H18O5/c1-3-9(13)11(15)5-7-17-8-6-12(16)10(14)4-2/h3-4,11-12,15-16H,1-2,5-8H2. The number of ketones is 2. The predicted octanol–water partition coefficient (Wildman–Crippen LogP) is 0.0152. The summed E-state index contributed by atoms with van der Waals surface area (Å²) in [5.74, 6) is -0.897. The van der Waals surface area contributed by atoms with Crippen molar-refractivity contribution < 1.29 is 24.5 Å². The lowest BCUT2D eigenvalue weighted by Crippen LogP contribution is -2.22. The Morgan fingerprint density at radius 1 is 1.00 bits per heavy atom.